The second-order valence-electron chi connectivity index (χ2n) is 8.58. The molecule has 2 aromatic carbocycles. The maximum absolute atomic E-state index is 13.2. The van der Waals surface area contributed by atoms with Gasteiger partial charge >= 0.3 is 0 Å². The Balaban J connectivity index is 1.77. The molecular formula is C26H29N3O7. The molecule has 2 aromatic rings. The zero-order chi connectivity index (χ0) is 25.8. The summed E-state index contributed by atoms with van der Waals surface area (Å²) in [6.45, 7) is 7.54. The van der Waals surface area contributed by atoms with Crippen LogP contribution in [0.3, 0.4) is 0 Å². The Labute approximate surface area is 208 Å². The standard InChI is InChI=1S/C26H29N3O7/c1-3-27(4-2)11-6-12-28-23(17-7-5-8-19(15-17)29(33)34)22(25(31)26(28)32)24(30)18-9-10-20-21(16-18)36-14-13-35-20/h5,7-10,15-16,23,30H,3-4,6,11-14H2,1-2H3/t23-/m1/s1. The number of nitro groups is 1. The average Bonchev–Trinajstić information content (AvgIpc) is 3.15. The van der Waals surface area contributed by atoms with Crippen molar-refractivity contribution in [1.82, 2.24) is 9.80 Å². The fourth-order valence-corrected chi connectivity index (χ4v) is 4.62. The molecule has 0 aromatic heterocycles. The van der Waals surface area contributed by atoms with Crippen LogP contribution in [0.25, 0.3) is 5.76 Å². The van der Waals surface area contributed by atoms with Gasteiger partial charge in [-0.25, -0.2) is 0 Å². The van der Waals surface area contributed by atoms with Crippen LogP contribution in [0, 0.1) is 10.1 Å². The number of amides is 1. The summed E-state index contributed by atoms with van der Waals surface area (Å²) in [5, 5.41) is 22.7. The number of non-ortho nitro benzene ring substituents is 1. The van der Waals surface area contributed by atoms with E-state index in [4.69, 9.17) is 9.47 Å². The summed E-state index contributed by atoms with van der Waals surface area (Å²) >= 11 is 0. The van der Waals surface area contributed by atoms with E-state index >= 15 is 0 Å². The second kappa shape index (κ2) is 10.8. The Morgan fingerprint density at radius 1 is 1.11 bits per heavy atom. The molecule has 1 fully saturated rings. The number of hydrogen-bond acceptors (Lipinski definition) is 8. The highest BCUT2D eigenvalue weighted by Crippen LogP contribution is 2.41. The number of benzene rings is 2. The highest BCUT2D eigenvalue weighted by atomic mass is 16.6. The Bertz CT molecular complexity index is 1210. The molecule has 0 spiro atoms. The van der Waals surface area contributed by atoms with Crippen molar-refractivity contribution in [1.29, 1.82) is 0 Å². The first-order valence-corrected chi connectivity index (χ1v) is 12.0. The fraction of sp³-hybridized carbons (Fsp3) is 0.385. The van der Waals surface area contributed by atoms with Crippen LogP contribution in [0.5, 0.6) is 11.5 Å². The number of hydrogen-bond donors (Lipinski definition) is 1. The van der Waals surface area contributed by atoms with Gasteiger partial charge < -0.3 is 24.4 Å². The molecule has 0 aliphatic carbocycles. The third kappa shape index (κ3) is 4.90. The Hall–Kier alpha value is -3.92. The molecule has 2 aliphatic heterocycles. The van der Waals surface area contributed by atoms with Gasteiger partial charge in [-0.05, 0) is 49.8 Å². The van der Waals surface area contributed by atoms with Crippen LogP contribution in [-0.4, -0.2) is 70.9 Å². The first-order chi connectivity index (χ1) is 17.3. The van der Waals surface area contributed by atoms with Crippen LogP contribution in [0.4, 0.5) is 5.69 Å². The van der Waals surface area contributed by atoms with Gasteiger partial charge in [-0.2, -0.15) is 0 Å². The minimum absolute atomic E-state index is 0.111. The van der Waals surface area contributed by atoms with E-state index in [1.165, 1.54) is 23.1 Å². The van der Waals surface area contributed by atoms with E-state index in [-0.39, 0.29) is 29.1 Å². The zero-order valence-corrected chi connectivity index (χ0v) is 20.3. The van der Waals surface area contributed by atoms with Crippen molar-refractivity contribution in [2.45, 2.75) is 26.3 Å². The number of aliphatic hydroxyl groups excluding tert-OH is 1. The van der Waals surface area contributed by atoms with E-state index in [1.54, 1.807) is 24.3 Å². The predicted octanol–water partition coefficient (Wildman–Crippen LogP) is 3.52. The third-order valence-electron chi connectivity index (χ3n) is 6.52. The van der Waals surface area contributed by atoms with Crippen molar-refractivity contribution in [3.05, 3.63) is 69.3 Å². The van der Waals surface area contributed by atoms with Gasteiger partial charge in [0.1, 0.15) is 19.0 Å². The lowest BCUT2D eigenvalue weighted by Gasteiger charge is -2.26. The van der Waals surface area contributed by atoms with Gasteiger partial charge in [0.05, 0.1) is 16.5 Å². The van der Waals surface area contributed by atoms with E-state index in [0.717, 1.165) is 19.6 Å². The molecule has 1 saturated heterocycles. The van der Waals surface area contributed by atoms with Gasteiger partial charge in [0, 0.05) is 24.2 Å². The molecule has 0 saturated carbocycles. The van der Waals surface area contributed by atoms with Crippen LogP contribution in [0.15, 0.2) is 48.0 Å². The number of aliphatic hydroxyl groups is 1. The number of carbonyl (C=O) groups is 2. The summed E-state index contributed by atoms with van der Waals surface area (Å²) in [7, 11) is 0. The van der Waals surface area contributed by atoms with Crippen molar-refractivity contribution in [2.24, 2.45) is 0 Å². The highest BCUT2D eigenvalue weighted by molar-refractivity contribution is 6.46. The summed E-state index contributed by atoms with van der Waals surface area (Å²) in [5.74, 6) is -1.00. The summed E-state index contributed by atoms with van der Waals surface area (Å²) in [4.78, 5) is 40.9. The van der Waals surface area contributed by atoms with Gasteiger partial charge in [-0.15, -0.1) is 0 Å². The number of nitro benzene ring substituents is 1. The van der Waals surface area contributed by atoms with E-state index in [2.05, 4.69) is 4.90 Å². The van der Waals surface area contributed by atoms with Crippen LogP contribution in [0.1, 0.15) is 37.4 Å². The van der Waals surface area contributed by atoms with Gasteiger partial charge in [-0.1, -0.05) is 26.0 Å². The van der Waals surface area contributed by atoms with Crippen molar-refractivity contribution in [3.8, 4) is 11.5 Å². The van der Waals surface area contributed by atoms with Crippen molar-refractivity contribution in [3.63, 3.8) is 0 Å². The second-order valence-corrected chi connectivity index (χ2v) is 8.58. The maximum atomic E-state index is 13.2. The lowest BCUT2D eigenvalue weighted by Crippen LogP contribution is -2.33. The molecule has 1 amide bonds. The maximum Gasteiger partial charge on any atom is 0.295 e. The van der Waals surface area contributed by atoms with Gasteiger partial charge in [0.15, 0.2) is 11.5 Å². The van der Waals surface area contributed by atoms with E-state index in [0.29, 0.717) is 36.7 Å². The molecule has 2 heterocycles. The molecule has 0 unspecified atom stereocenters. The molecule has 10 nitrogen and oxygen atoms in total. The van der Waals surface area contributed by atoms with Gasteiger partial charge in [0.2, 0.25) is 0 Å². The molecule has 1 N–H and O–H groups in total. The summed E-state index contributed by atoms with van der Waals surface area (Å²) < 4.78 is 11.1. The van der Waals surface area contributed by atoms with Crippen LogP contribution in [0.2, 0.25) is 0 Å². The lowest BCUT2D eigenvalue weighted by atomic mass is 9.94. The van der Waals surface area contributed by atoms with E-state index in [9.17, 15) is 24.8 Å². The monoisotopic (exact) mass is 495 g/mol. The van der Waals surface area contributed by atoms with Gasteiger partial charge in [0.25, 0.3) is 17.4 Å². The number of fused-ring (bicyclic) bond motifs is 1. The molecule has 1 atom stereocenters. The van der Waals surface area contributed by atoms with Crippen LogP contribution < -0.4 is 9.47 Å². The molecule has 2 aliphatic rings. The number of carbonyl (C=O) groups excluding carboxylic acids is 2. The predicted molar refractivity (Wildman–Crippen MR) is 132 cm³/mol. The first kappa shape index (κ1) is 25.2. The molecule has 10 heteroatoms. The topological polar surface area (TPSA) is 122 Å². The quantitative estimate of drug-likeness (QED) is 0.184. The normalized spacial score (nSPS) is 18.6. The number of Topliss-reactive ketones (excluding diaryl/α,β-unsaturated/α-hetero) is 1. The van der Waals surface area contributed by atoms with Crippen LogP contribution in [-0.2, 0) is 9.59 Å². The SMILES string of the molecule is CCN(CC)CCCN1C(=O)C(=O)C(=C(O)c2ccc3c(c2)OCCO3)[C@H]1c1cccc([N+](=O)[O-])c1. The number of ether oxygens (including phenoxy) is 2. The summed E-state index contributed by atoms with van der Waals surface area (Å²) in [5.41, 5.74) is 0.390. The first-order valence-electron chi connectivity index (χ1n) is 12.0. The molecule has 0 bridgehead atoms. The minimum Gasteiger partial charge on any atom is -0.507 e. The highest BCUT2D eigenvalue weighted by Gasteiger charge is 2.46. The minimum atomic E-state index is -0.963. The molecule has 4 rings (SSSR count). The van der Waals surface area contributed by atoms with Crippen molar-refractivity contribution in [2.75, 3.05) is 39.4 Å². The number of nitrogens with zero attached hydrogens (tertiary/aromatic N) is 3. The average molecular weight is 496 g/mol. The molecular weight excluding hydrogens is 466 g/mol. The Kier molecular flexibility index (Phi) is 7.54. The lowest BCUT2D eigenvalue weighted by molar-refractivity contribution is -0.384. The number of rotatable bonds is 9. The summed E-state index contributed by atoms with van der Waals surface area (Å²) in [6.07, 6.45) is 0.601. The summed E-state index contributed by atoms with van der Waals surface area (Å²) in [6, 6.07) is 9.62. The zero-order valence-electron chi connectivity index (χ0n) is 20.3. The number of likely N-dealkylation sites (tertiary alicyclic amines) is 1. The van der Waals surface area contributed by atoms with Crippen molar-refractivity contribution < 1.29 is 29.1 Å². The van der Waals surface area contributed by atoms with E-state index < -0.39 is 22.7 Å². The number of ketones is 1. The third-order valence-corrected chi connectivity index (χ3v) is 6.52. The fourth-order valence-electron chi connectivity index (χ4n) is 4.62. The smallest absolute Gasteiger partial charge is 0.295 e. The molecule has 190 valence electrons. The van der Waals surface area contributed by atoms with E-state index in [1.807, 2.05) is 13.8 Å². The van der Waals surface area contributed by atoms with Crippen molar-refractivity contribution >= 4 is 23.1 Å². The Morgan fingerprint density at radius 2 is 1.83 bits per heavy atom. The largest absolute Gasteiger partial charge is 0.507 e. The van der Waals surface area contributed by atoms with Gasteiger partial charge in [-0.3, -0.25) is 19.7 Å². The Morgan fingerprint density at radius 3 is 2.53 bits per heavy atom. The molecule has 36 heavy (non-hydrogen) atoms. The van der Waals surface area contributed by atoms with Crippen LogP contribution >= 0.6 is 0 Å². The molecule has 0 radical (unpaired) electrons.